The minimum Gasteiger partial charge on any atom is -0.455 e. The Bertz CT molecular complexity index is 1190. The Morgan fingerprint density at radius 3 is 2.61 bits per heavy atom. The lowest BCUT2D eigenvalue weighted by Crippen LogP contribution is -2.48. The van der Waals surface area contributed by atoms with Crippen molar-refractivity contribution in [3.05, 3.63) is 76.7 Å². The molecule has 2 aliphatic rings. The van der Waals surface area contributed by atoms with E-state index in [0.29, 0.717) is 28.8 Å². The van der Waals surface area contributed by atoms with Crippen LogP contribution in [0.3, 0.4) is 0 Å². The third-order valence-corrected chi connectivity index (χ3v) is 7.27. The van der Waals surface area contributed by atoms with E-state index in [4.69, 9.17) is 25.5 Å². The van der Waals surface area contributed by atoms with Gasteiger partial charge in [0.15, 0.2) is 17.3 Å². The summed E-state index contributed by atoms with van der Waals surface area (Å²) in [5.41, 5.74) is 1.16. The second kappa shape index (κ2) is 9.59. The molecule has 0 radical (unpaired) electrons. The lowest BCUT2D eigenvalue weighted by Gasteiger charge is -2.34. The smallest absolute Gasteiger partial charge is 0.289 e. The van der Waals surface area contributed by atoms with E-state index in [1.807, 2.05) is 18.2 Å². The zero-order chi connectivity index (χ0) is 22.8. The van der Waals surface area contributed by atoms with Crippen LogP contribution in [0.1, 0.15) is 21.9 Å². The summed E-state index contributed by atoms with van der Waals surface area (Å²) in [5.74, 6) is 2.40. The van der Waals surface area contributed by atoms with Gasteiger partial charge in [0.25, 0.3) is 5.91 Å². The molecule has 1 atom stereocenters. The largest absolute Gasteiger partial charge is 0.455 e. The van der Waals surface area contributed by atoms with Crippen LogP contribution in [0.4, 0.5) is 0 Å². The number of carbonyl (C=O) groups excluding carboxylic acids is 1. The van der Waals surface area contributed by atoms with Crippen molar-refractivity contribution in [1.82, 2.24) is 9.80 Å². The van der Waals surface area contributed by atoms with Crippen molar-refractivity contribution in [2.24, 2.45) is 0 Å². The first-order valence-electron chi connectivity index (χ1n) is 10.7. The number of fused-ring (bicyclic) bond motifs is 1. The van der Waals surface area contributed by atoms with Gasteiger partial charge in [-0.3, -0.25) is 13.9 Å². The number of hydrogen-bond donors (Lipinski definition) is 0. The van der Waals surface area contributed by atoms with Gasteiger partial charge in [-0.05, 0) is 48.0 Å². The molecule has 1 saturated heterocycles. The van der Waals surface area contributed by atoms with E-state index in [9.17, 15) is 9.00 Å². The van der Waals surface area contributed by atoms with Gasteiger partial charge in [-0.2, -0.15) is 0 Å². The van der Waals surface area contributed by atoms with Gasteiger partial charge in [-0.1, -0.05) is 23.7 Å². The van der Waals surface area contributed by atoms with Crippen LogP contribution >= 0.6 is 11.6 Å². The molecule has 3 aromatic rings. The molecular weight excluding hydrogens is 464 g/mol. The maximum Gasteiger partial charge on any atom is 0.289 e. The van der Waals surface area contributed by atoms with Crippen LogP contribution < -0.4 is 9.47 Å². The van der Waals surface area contributed by atoms with E-state index in [1.165, 1.54) is 0 Å². The second-order valence-corrected chi connectivity index (χ2v) is 9.86. The highest BCUT2D eigenvalue weighted by Gasteiger charge is 2.25. The lowest BCUT2D eigenvalue weighted by molar-refractivity contribution is 0.0596. The highest BCUT2D eigenvalue weighted by atomic mass is 35.5. The van der Waals surface area contributed by atoms with E-state index in [2.05, 4.69) is 4.90 Å². The van der Waals surface area contributed by atoms with Crippen LogP contribution in [0.25, 0.3) is 0 Å². The summed E-state index contributed by atoms with van der Waals surface area (Å²) >= 11 is 5.98. The quantitative estimate of drug-likeness (QED) is 0.525. The van der Waals surface area contributed by atoms with Gasteiger partial charge in [0.2, 0.25) is 6.79 Å². The zero-order valence-electron chi connectivity index (χ0n) is 17.9. The molecule has 0 bridgehead atoms. The first-order chi connectivity index (χ1) is 16.0. The first kappa shape index (κ1) is 22.0. The number of carbonyl (C=O) groups is 1. The fraction of sp³-hybridized carbons (Fsp3) is 0.292. The van der Waals surface area contributed by atoms with Gasteiger partial charge >= 0.3 is 0 Å². The molecule has 2 aromatic carbocycles. The SMILES string of the molecule is O=C(c1ccc(CS(=O)c2cccc(Cl)c2)o1)N1CCN(Cc2ccc3c(c2)OCO3)CC1. The zero-order valence-corrected chi connectivity index (χ0v) is 19.4. The molecule has 0 aliphatic carbocycles. The molecule has 5 rings (SSSR count). The molecule has 172 valence electrons. The van der Waals surface area contributed by atoms with Crippen molar-refractivity contribution in [2.45, 2.75) is 17.2 Å². The fourth-order valence-corrected chi connectivity index (χ4v) is 5.28. The number of halogens is 1. The topological polar surface area (TPSA) is 72.2 Å². The summed E-state index contributed by atoms with van der Waals surface area (Å²) in [6, 6.07) is 16.3. The Morgan fingerprint density at radius 1 is 0.970 bits per heavy atom. The molecule has 3 heterocycles. The molecule has 0 N–H and O–H groups in total. The van der Waals surface area contributed by atoms with Gasteiger partial charge in [0.1, 0.15) is 5.76 Å². The van der Waals surface area contributed by atoms with E-state index in [0.717, 1.165) is 36.7 Å². The summed E-state index contributed by atoms with van der Waals surface area (Å²) in [7, 11) is -1.30. The third-order valence-electron chi connectivity index (χ3n) is 5.71. The summed E-state index contributed by atoms with van der Waals surface area (Å²) in [4.78, 5) is 17.6. The van der Waals surface area contributed by atoms with E-state index in [-0.39, 0.29) is 24.2 Å². The number of rotatable bonds is 6. The summed E-state index contributed by atoms with van der Waals surface area (Å²) in [6.45, 7) is 3.84. The van der Waals surface area contributed by atoms with Crippen molar-refractivity contribution in [1.29, 1.82) is 0 Å². The third kappa shape index (κ3) is 5.08. The number of hydrogen-bond acceptors (Lipinski definition) is 6. The average Bonchev–Trinajstić information content (AvgIpc) is 3.48. The highest BCUT2D eigenvalue weighted by Crippen LogP contribution is 2.33. The van der Waals surface area contributed by atoms with Gasteiger partial charge < -0.3 is 18.8 Å². The van der Waals surface area contributed by atoms with E-state index in [1.54, 1.807) is 41.3 Å². The Labute approximate surface area is 199 Å². The second-order valence-electron chi connectivity index (χ2n) is 7.97. The number of furan rings is 1. The molecule has 0 spiro atoms. The number of piperazine rings is 1. The Balaban J connectivity index is 1.14. The maximum atomic E-state index is 12.9. The van der Waals surface area contributed by atoms with Gasteiger partial charge in [-0.15, -0.1) is 0 Å². The molecule has 1 unspecified atom stereocenters. The minimum atomic E-state index is -1.30. The van der Waals surface area contributed by atoms with Gasteiger partial charge in [-0.25, -0.2) is 0 Å². The molecule has 0 saturated carbocycles. The van der Waals surface area contributed by atoms with Crippen LogP contribution in [0.5, 0.6) is 11.5 Å². The van der Waals surface area contributed by atoms with Gasteiger partial charge in [0.05, 0.1) is 16.6 Å². The molecule has 2 aliphatic heterocycles. The number of nitrogens with zero attached hydrogens (tertiary/aromatic N) is 2. The summed E-state index contributed by atoms with van der Waals surface area (Å²) < 4.78 is 29.1. The minimum absolute atomic E-state index is 0.141. The number of benzene rings is 2. The lowest BCUT2D eigenvalue weighted by atomic mass is 10.1. The molecule has 1 amide bonds. The van der Waals surface area contributed by atoms with Crippen LogP contribution in [0, 0.1) is 0 Å². The van der Waals surface area contributed by atoms with Crippen LogP contribution in [0.15, 0.2) is 63.9 Å². The summed E-state index contributed by atoms with van der Waals surface area (Å²) in [5, 5.41) is 0.536. The Hall–Kier alpha value is -2.81. The van der Waals surface area contributed by atoms with E-state index >= 15 is 0 Å². The van der Waals surface area contributed by atoms with Crippen molar-refractivity contribution >= 4 is 28.3 Å². The highest BCUT2D eigenvalue weighted by molar-refractivity contribution is 7.84. The molecular formula is C24H23ClN2O5S. The van der Waals surface area contributed by atoms with Crippen molar-refractivity contribution in [3.63, 3.8) is 0 Å². The average molecular weight is 487 g/mol. The Morgan fingerprint density at radius 2 is 1.79 bits per heavy atom. The maximum absolute atomic E-state index is 12.9. The fourth-order valence-electron chi connectivity index (χ4n) is 3.95. The number of ether oxygens (including phenoxy) is 2. The standard InChI is InChI=1S/C24H23ClN2O5S/c25-18-2-1-3-20(13-18)33(29)15-19-5-7-22(32-19)24(28)27-10-8-26(9-11-27)14-17-4-6-21-23(12-17)31-16-30-21/h1-7,12-13H,8-11,14-16H2. The van der Waals surface area contributed by atoms with Crippen molar-refractivity contribution < 1.29 is 22.9 Å². The molecule has 33 heavy (non-hydrogen) atoms. The molecule has 9 heteroatoms. The number of amides is 1. The predicted molar refractivity (Wildman–Crippen MR) is 124 cm³/mol. The van der Waals surface area contributed by atoms with Crippen LogP contribution in [-0.2, 0) is 23.1 Å². The van der Waals surface area contributed by atoms with Crippen molar-refractivity contribution in [3.8, 4) is 11.5 Å². The van der Waals surface area contributed by atoms with E-state index < -0.39 is 10.8 Å². The van der Waals surface area contributed by atoms with Crippen LogP contribution in [-0.4, -0.2) is 52.9 Å². The normalized spacial score (nSPS) is 16.7. The summed E-state index contributed by atoms with van der Waals surface area (Å²) in [6.07, 6.45) is 0. The van der Waals surface area contributed by atoms with Crippen molar-refractivity contribution in [2.75, 3.05) is 33.0 Å². The molecule has 1 aromatic heterocycles. The monoisotopic (exact) mass is 486 g/mol. The predicted octanol–water partition coefficient (Wildman–Crippen LogP) is 3.93. The van der Waals surface area contributed by atoms with Gasteiger partial charge in [0, 0.05) is 42.6 Å². The molecule has 7 nitrogen and oxygen atoms in total. The Kier molecular flexibility index (Phi) is 6.39. The first-order valence-corrected chi connectivity index (χ1v) is 12.4. The van der Waals surface area contributed by atoms with Crippen LogP contribution in [0.2, 0.25) is 5.02 Å². The molecule has 1 fully saturated rings.